The van der Waals surface area contributed by atoms with Crippen LogP contribution in [0.1, 0.15) is 290 Å². The number of rotatable bonds is 53. The minimum atomic E-state index is -4.96. The van der Waals surface area contributed by atoms with E-state index in [1.54, 1.807) is 0 Å². The van der Waals surface area contributed by atoms with Gasteiger partial charge in [-0.15, -0.1) is 0 Å². The number of phosphoric ester groups is 1. The van der Waals surface area contributed by atoms with Crippen LogP contribution in [-0.4, -0.2) is 61.6 Å². The maximum Gasteiger partial charge on any atom is 0.306 e. The number of carbonyl (C=O) groups excluding carboxylic acids is 3. The second-order valence-electron chi connectivity index (χ2n) is 19.1. The van der Waals surface area contributed by atoms with E-state index in [2.05, 4.69) is 20.8 Å². The maximum atomic E-state index is 12.8. The summed E-state index contributed by atoms with van der Waals surface area (Å²) in [7, 11) is -4.96. The summed E-state index contributed by atoms with van der Waals surface area (Å²) in [6, 6.07) is 0. The van der Waals surface area contributed by atoms with Crippen LogP contribution in [0, 0.1) is 0 Å². The Morgan fingerprint density at radius 2 is 0.636 bits per heavy atom. The van der Waals surface area contributed by atoms with E-state index in [0.717, 1.165) is 57.8 Å². The highest BCUT2D eigenvalue weighted by molar-refractivity contribution is 7.45. The Morgan fingerprint density at radius 3 is 0.955 bits per heavy atom. The second-order valence-corrected chi connectivity index (χ2v) is 20.6. The molecule has 0 fully saturated rings. The molecule has 0 spiro atoms. The Bertz CT molecular complexity index is 1120. The molecule has 0 aliphatic heterocycles. The van der Waals surface area contributed by atoms with Crippen LogP contribution in [0.2, 0.25) is 0 Å². The summed E-state index contributed by atoms with van der Waals surface area (Å²) in [6.07, 6.45) is 44.6. The van der Waals surface area contributed by atoms with Gasteiger partial charge in [-0.3, -0.25) is 18.9 Å². The minimum absolute atomic E-state index is 0.164. The van der Waals surface area contributed by atoms with Crippen LogP contribution < -0.4 is 4.89 Å². The Kier molecular flexibility index (Phi) is 48.7. The standard InChI is InChI=1S/C54H105O11P/c1-4-7-10-13-16-19-22-25-28-31-34-37-40-43-52(56)61-46-50(55)47-63-66(59,60)64-49-51(65-54(58)45-42-39-36-33-30-27-24-21-18-15-12-9-6-3)48-62-53(57)44-41-38-35-32-29-26-23-20-17-14-11-8-5-2/h50-51,55H,4-49H2,1-3H3,(H,59,60)/p-1/t50-,51+/m0/s1. The topological polar surface area (TPSA) is 158 Å². The summed E-state index contributed by atoms with van der Waals surface area (Å²) in [6.45, 7) is 4.68. The van der Waals surface area contributed by atoms with Crippen LogP contribution in [0.5, 0.6) is 0 Å². The van der Waals surface area contributed by atoms with Gasteiger partial charge in [-0.05, 0) is 19.3 Å². The van der Waals surface area contributed by atoms with Gasteiger partial charge in [0.25, 0.3) is 7.82 Å². The first-order valence-corrected chi connectivity index (χ1v) is 29.4. The monoisotopic (exact) mass is 960 g/mol. The van der Waals surface area contributed by atoms with E-state index in [1.165, 1.54) is 173 Å². The fraction of sp³-hybridized carbons (Fsp3) is 0.944. The second kappa shape index (κ2) is 49.9. The van der Waals surface area contributed by atoms with E-state index in [0.29, 0.717) is 19.3 Å². The fourth-order valence-corrected chi connectivity index (χ4v) is 8.96. The molecule has 0 saturated heterocycles. The molecule has 0 saturated carbocycles. The molecule has 66 heavy (non-hydrogen) atoms. The van der Waals surface area contributed by atoms with Gasteiger partial charge in [0, 0.05) is 19.3 Å². The fourth-order valence-electron chi connectivity index (χ4n) is 8.18. The number of carbonyl (C=O) groups is 3. The predicted octanol–water partition coefficient (Wildman–Crippen LogP) is 15.3. The zero-order chi connectivity index (χ0) is 48.4. The van der Waals surface area contributed by atoms with Crippen molar-refractivity contribution in [2.45, 2.75) is 303 Å². The van der Waals surface area contributed by atoms with E-state index < -0.39 is 57.8 Å². The van der Waals surface area contributed by atoms with Crippen molar-refractivity contribution >= 4 is 25.7 Å². The highest BCUT2D eigenvalue weighted by Gasteiger charge is 2.22. The van der Waals surface area contributed by atoms with Gasteiger partial charge in [0.05, 0.1) is 13.2 Å². The lowest BCUT2D eigenvalue weighted by Gasteiger charge is -2.26. The molecular weight excluding hydrogens is 856 g/mol. The molecule has 1 unspecified atom stereocenters. The van der Waals surface area contributed by atoms with Gasteiger partial charge >= 0.3 is 17.9 Å². The molecule has 392 valence electrons. The van der Waals surface area contributed by atoms with E-state index in [1.807, 2.05) is 0 Å². The first-order chi connectivity index (χ1) is 32.1. The predicted molar refractivity (Wildman–Crippen MR) is 268 cm³/mol. The quantitative estimate of drug-likeness (QED) is 0.0268. The molecule has 11 nitrogen and oxygen atoms in total. The van der Waals surface area contributed by atoms with Crippen LogP contribution in [0.4, 0.5) is 0 Å². The zero-order valence-electron chi connectivity index (χ0n) is 43.2. The van der Waals surface area contributed by atoms with E-state index in [4.69, 9.17) is 23.3 Å². The Morgan fingerprint density at radius 1 is 0.379 bits per heavy atom. The van der Waals surface area contributed by atoms with Crippen LogP contribution >= 0.6 is 7.82 Å². The lowest BCUT2D eigenvalue weighted by atomic mass is 10.0. The molecule has 12 heteroatoms. The van der Waals surface area contributed by atoms with E-state index >= 15 is 0 Å². The number of aliphatic hydroxyl groups excluding tert-OH is 1. The summed E-state index contributed by atoms with van der Waals surface area (Å²) in [5, 5.41) is 10.3. The third kappa shape index (κ3) is 48.9. The molecule has 0 amide bonds. The van der Waals surface area contributed by atoms with Crippen LogP contribution in [0.25, 0.3) is 0 Å². The highest BCUT2D eigenvalue weighted by Crippen LogP contribution is 2.38. The van der Waals surface area contributed by atoms with Gasteiger partial charge in [0.15, 0.2) is 6.10 Å². The normalized spacial score (nSPS) is 13.3. The third-order valence-electron chi connectivity index (χ3n) is 12.5. The molecule has 0 aliphatic rings. The number of aliphatic hydroxyl groups is 1. The van der Waals surface area contributed by atoms with Gasteiger partial charge in [-0.1, -0.05) is 252 Å². The Hall–Kier alpha value is -1.52. The molecule has 0 heterocycles. The van der Waals surface area contributed by atoms with E-state index in [-0.39, 0.29) is 25.9 Å². The van der Waals surface area contributed by atoms with E-state index in [9.17, 15) is 28.9 Å². The molecule has 0 radical (unpaired) electrons. The molecule has 0 rings (SSSR count). The molecule has 0 aromatic heterocycles. The van der Waals surface area contributed by atoms with Gasteiger partial charge < -0.3 is 33.3 Å². The van der Waals surface area contributed by atoms with Crippen molar-refractivity contribution in [1.29, 1.82) is 0 Å². The van der Waals surface area contributed by atoms with Crippen molar-refractivity contribution < 1.29 is 52.2 Å². The number of unbranched alkanes of at least 4 members (excludes halogenated alkanes) is 36. The third-order valence-corrected chi connectivity index (χ3v) is 13.4. The first kappa shape index (κ1) is 64.5. The van der Waals surface area contributed by atoms with Crippen molar-refractivity contribution in [1.82, 2.24) is 0 Å². The molecular formula is C54H104O11P-. The molecule has 0 aromatic carbocycles. The molecule has 0 aromatic rings. The number of phosphoric acid groups is 1. The van der Waals surface area contributed by atoms with Crippen molar-refractivity contribution in [3.8, 4) is 0 Å². The van der Waals surface area contributed by atoms with Crippen molar-refractivity contribution in [2.75, 3.05) is 26.4 Å². The summed E-state index contributed by atoms with van der Waals surface area (Å²) in [4.78, 5) is 50.2. The van der Waals surface area contributed by atoms with Gasteiger partial charge in [0.1, 0.15) is 19.3 Å². The highest BCUT2D eigenvalue weighted by atomic mass is 31.2. The number of hydrogen-bond acceptors (Lipinski definition) is 11. The van der Waals surface area contributed by atoms with Crippen molar-refractivity contribution in [2.24, 2.45) is 0 Å². The average Bonchev–Trinajstić information content (AvgIpc) is 3.30. The largest absolute Gasteiger partial charge is 0.756 e. The smallest absolute Gasteiger partial charge is 0.306 e. The van der Waals surface area contributed by atoms with Crippen molar-refractivity contribution in [3.05, 3.63) is 0 Å². The first-order valence-electron chi connectivity index (χ1n) is 27.9. The Balaban J connectivity index is 4.55. The van der Waals surface area contributed by atoms with Gasteiger partial charge in [-0.25, -0.2) is 0 Å². The molecule has 0 bridgehead atoms. The summed E-state index contributed by atoms with van der Waals surface area (Å²) in [5.74, 6) is -1.41. The summed E-state index contributed by atoms with van der Waals surface area (Å²) >= 11 is 0. The maximum absolute atomic E-state index is 12.8. The van der Waals surface area contributed by atoms with Crippen molar-refractivity contribution in [3.63, 3.8) is 0 Å². The Labute approximate surface area is 405 Å². The summed E-state index contributed by atoms with van der Waals surface area (Å²) < 4.78 is 38.6. The van der Waals surface area contributed by atoms with Gasteiger partial charge in [0.2, 0.25) is 0 Å². The number of hydrogen-bond donors (Lipinski definition) is 1. The number of esters is 3. The number of ether oxygens (including phenoxy) is 3. The molecule has 1 N–H and O–H groups in total. The van der Waals surface area contributed by atoms with Gasteiger partial charge in [-0.2, -0.15) is 0 Å². The SMILES string of the molecule is CCCCCCCCCCCCCCCC(=O)OC[C@H](O)COP(=O)([O-])OC[C@@H](COC(=O)CCCCCCCCCCCCCCC)OC(=O)CCCCCCCCCCCCCCC. The van der Waals surface area contributed by atoms with Crippen LogP contribution in [0.15, 0.2) is 0 Å². The lowest BCUT2D eigenvalue weighted by molar-refractivity contribution is -0.230. The zero-order valence-corrected chi connectivity index (χ0v) is 44.1. The molecule has 3 atom stereocenters. The van der Waals surface area contributed by atoms with Crippen LogP contribution in [-0.2, 0) is 42.2 Å². The minimum Gasteiger partial charge on any atom is -0.756 e. The summed E-state index contributed by atoms with van der Waals surface area (Å²) in [5.41, 5.74) is 0. The lowest BCUT2D eigenvalue weighted by Crippen LogP contribution is -2.31. The molecule has 0 aliphatic carbocycles. The van der Waals surface area contributed by atoms with Crippen LogP contribution in [0.3, 0.4) is 0 Å². The average molecular weight is 960 g/mol.